The highest BCUT2D eigenvalue weighted by atomic mass is 16.5. The van der Waals surface area contributed by atoms with E-state index in [4.69, 9.17) is 9.84 Å². The van der Waals surface area contributed by atoms with Crippen molar-refractivity contribution in [2.45, 2.75) is 50.1 Å². The summed E-state index contributed by atoms with van der Waals surface area (Å²) in [6.45, 7) is -0.110. The molecule has 0 aromatic heterocycles. The van der Waals surface area contributed by atoms with Gasteiger partial charge in [0.25, 0.3) is 0 Å². The van der Waals surface area contributed by atoms with Crippen molar-refractivity contribution in [3.05, 3.63) is 59.7 Å². The number of carboxylic acid groups (broad SMARTS) is 1. The van der Waals surface area contributed by atoms with Crippen LogP contribution >= 0.6 is 0 Å². The number of nitrogens with one attached hydrogen (secondary N) is 2. The summed E-state index contributed by atoms with van der Waals surface area (Å²) in [5, 5.41) is 24.0. The van der Waals surface area contributed by atoms with Crippen molar-refractivity contribution >= 4 is 18.0 Å². The Balaban J connectivity index is 1.39. The molecule has 2 aromatic rings. The summed E-state index contributed by atoms with van der Waals surface area (Å²) in [5.41, 5.74) is 4.36. The number of carbonyl (C=O) groups is 3. The maximum atomic E-state index is 12.8. The van der Waals surface area contributed by atoms with Gasteiger partial charge < -0.3 is 25.6 Å². The molecule has 0 radical (unpaired) electrons. The standard InChI is InChI=1S/C26H30N2O6/c29-14-23(16-6-5-7-16)27-25(32)22(12-13-24(30)31)28-26(33)34-15-21-19-10-3-1-8-17(19)18-9-2-4-11-20(18)21/h1-4,8-11,16,21-23,29H,5-7,12-15H2,(H,27,32)(H,28,33)(H,30,31). The molecule has 2 aromatic carbocycles. The molecular weight excluding hydrogens is 436 g/mol. The highest BCUT2D eigenvalue weighted by Gasteiger charge is 2.32. The number of aliphatic hydroxyl groups is 1. The molecule has 0 spiro atoms. The number of benzene rings is 2. The van der Waals surface area contributed by atoms with Crippen molar-refractivity contribution in [3.63, 3.8) is 0 Å². The Kier molecular flexibility index (Phi) is 7.47. The van der Waals surface area contributed by atoms with Crippen molar-refractivity contribution in [2.75, 3.05) is 13.2 Å². The summed E-state index contributed by atoms with van der Waals surface area (Å²) >= 11 is 0. The van der Waals surface area contributed by atoms with Crippen LogP contribution in [-0.2, 0) is 14.3 Å². The van der Waals surface area contributed by atoms with Crippen LogP contribution in [0.1, 0.15) is 49.1 Å². The fourth-order valence-electron chi connectivity index (χ4n) is 4.76. The van der Waals surface area contributed by atoms with E-state index in [-0.39, 0.29) is 37.9 Å². The van der Waals surface area contributed by atoms with E-state index in [0.717, 1.165) is 41.5 Å². The Morgan fingerprint density at radius 1 is 0.971 bits per heavy atom. The minimum Gasteiger partial charge on any atom is -0.481 e. The molecule has 0 aliphatic heterocycles. The maximum absolute atomic E-state index is 12.8. The predicted octanol–water partition coefficient (Wildman–Crippen LogP) is 3.04. The Bertz CT molecular complexity index is 1010. The minimum atomic E-state index is -1.07. The number of amides is 2. The van der Waals surface area contributed by atoms with E-state index < -0.39 is 30.1 Å². The van der Waals surface area contributed by atoms with E-state index in [9.17, 15) is 19.5 Å². The summed E-state index contributed by atoms with van der Waals surface area (Å²) in [6, 6.07) is 14.5. The van der Waals surface area contributed by atoms with Gasteiger partial charge in [0.2, 0.25) is 5.91 Å². The van der Waals surface area contributed by atoms with Crippen LogP contribution in [0.3, 0.4) is 0 Å². The number of fused-ring (bicyclic) bond motifs is 3. The molecule has 8 nitrogen and oxygen atoms in total. The Morgan fingerprint density at radius 3 is 2.12 bits per heavy atom. The topological polar surface area (TPSA) is 125 Å². The van der Waals surface area contributed by atoms with E-state index >= 15 is 0 Å². The molecule has 2 aliphatic rings. The number of ether oxygens (including phenoxy) is 1. The number of hydrogen-bond acceptors (Lipinski definition) is 5. The Labute approximate surface area is 198 Å². The molecular formula is C26H30N2O6. The lowest BCUT2D eigenvalue weighted by molar-refractivity contribution is -0.137. The summed E-state index contributed by atoms with van der Waals surface area (Å²) in [6.07, 6.45) is 1.76. The largest absolute Gasteiger partial charge is 0.481 e. The van der Waals surface area contributed by atoms with Crippen LogP contribution in [0, 0.1) is 5.92 Å². The molecule has 180 valence electrons. The summed E-state index contributed by atoms with van der Waals surface area (Å²) in [4.78, 5) is 36.5. The van der Waals surface area contributed by atoms with Gasteiger partial charge in [-0.1, -0.05) is 55.0 Å². The lowest BCUT2D eigenvalue weighted by Crippen LogP contribution is -2.53. The number of aliphatic carboxylic acids is 1. The first-order chi connectivity index (χ1) is 16.5. The minimum absolute atomic E-state index is 0.0752. The molecule has 2 aliphatic carbocycles. The summed E-state index contributed by atoms with van der Waals surface area (Å²) < 4.78 is 5.51. The Hall–Kier alpha value is -3.39. The third-order valence-electron chi connectivity index (χ3n) is 6.84. The Morgan fingerprint density at radius 2 is 1.59 bits per heavy atom. The summed E-state index contributed by atoms with van der Waals surface area (Å²) in [5.74, 6) is -1.50. The molecule has 2 unspecified atom stereocenters. The summed E-state index contributed by atoms with van der Waals surface area (Å²) in [7, 11) is 0. The van der Waals surface area contributed by atoms with Gasteiger partial charge in [-0.2, -0.15) is 0 Å². The zero-order chi connectivity index (χ0) is 24.1. The van der Waals surface area contributed by atoms with Crippen LogP contribution in [0.4, 0.5) is 4.79 Å². The van der Waals surface area contributed by atoms with Crippen molar-refractivity contribution in [1.82, 2.24) is 10.6 Å². The molecule has 2 atom stereocenters. The zero-order valence-electron chi connectivity index (χ0n) is 18.9. The molecule has 34 heavy (non-hydrogen) atoms. The van der Waals surface area contributed by atoms with E-state index in [1.165, 1.54) is 0 Å². The first kappa shape index (κ1) is 23.8. The zero-order valence-corrected chi connectivity index (χ0v) is 18.9. The van der Waals surface area contributed by atoms with E-state index in [1.807, 2.05) is 48.5 Å². The van der Waals surface area contributed by atoms with E-state index in [1.54, 1.807) is 0 Å². The third-order valence-corrected chi connectivity index (χ3v) is 6.84. The number of hydrogen-bond donors (Lipinski definition) is 4. The second-order valence-electron chi connectivity index (χ2n) is 8.94. The predicted molar refractivity (Wildman–Crippen MR) is 125 cm³/mol. The van der Waals surface area contributed by atoms with Crippen LogP contribution in [0.2, 0.25) is 0 Å². The quantitative estimate of drug-likeness (QED) is 0.427. The van der Waals surface area contributed by atoms with Gasteiger partial charge in [-0.25, -0.2) is 4.79 Å². The second-order valence-corrected chi connectivity index (χ2v) is 8.94. The average Bonchev–Trinajstić information content (AvgIpc) is 3.12. The van der Waals surface area contributed by atoms with E-state index in [0.29, 0.717) is 0 Å². The average molecular weight is 467 g/mol. The van der Waals surface area contributed by atoms with Gasteiger partial charge in [-0.15, -0.1) is 0 Å². The molecule has 0 heterocycles. The number of alkyl carbamates (subject to hydrolysis) is 1. The molecule has 1 fully saturated rings. The van der Waals surface area contributed by atoms with Gasteiger partial charge in [0.05, 0.1) is 12.6 Å². The monoisotopic (exact) mass is 466 g/mol. The molecule has 4 N–H and O–H groups in total. The fraction of sp³-hybridized carbons (Fsp3) is 0.423. The molecule has 0 bridgehead atoms. The first-order valence-corrected chi connectivity index (χ1v) is 11.7. The van der Waals surface area contributed by atoms with Gasteiger partial charge in [-0.3, -0.25) is 9.59 Å². The number of rotatable bonds is 10. The number of carbonyl (C=O) groups excluding carboxylic acids is 2. The van der Waals surface area contributed by atoms with Crippen LogP contribution in [0.5, 0.6) is 0 Å². The normalized spacial score (nSPS) is 16.5. The van der Waals surface area contributed by atoms with Crippen molar-refractivity contribution in [2.24, 2.45) is 5.92 Å². The maximum Gasteiger partial charge on any atom is 0.407 e. The SMILES string of the molecule is O=C(O)CCC(NC(=O)OCC1c2ccccc2-c2ccccc21)C(=O)NC(CO)C1CCC1. The van der Waals surface area contributed by atoms with Crippen molar-refractivity contribution in [1.29, 1.82) is 0 Å². The van der Waals surface area contributed by atoms with Gasteiger partial charge in [-0.05, 0) is 47.4 Å². The van der Waals surface area contributed by atoms with Crippen molar-refractivity contribution < 1.29 is 29.3 Å². The first-order valence-electron chi connectivity index (χ1n) is 11.7. The second kappa shape index (κ2) is 10.7. The highest BCUT2D eigenvalue weighted by Crippen LogP contribution is 2.44. The number of carboxylic acids is 1. The van der Waals surface area contributed by atoms with Crippen LogP contribution in [0.15, 0.2) is 48.5 Å². The molecule has 2 amide bonds. The molecule has 1 saturated carbocycles. The van der Waals surface area contributed by atoms with Gasteiger partial charge >= 0.3 is 12.1 Å². The van der Waals surface area contributed by atoms with Crippen molar-refractivity contribution in [3.8, 4) is 11.1 Å². The molecule has 4 rings (SSSR count). The third kappa shape index (κ3) is 5.22. The molecule has 8 heteroatoms. The lowest BCUT2D eigenvalue weighted by Gasteiger charge is -2.34. The van der Waals surface area contributed by atoms with Gasteiger partial charge in [0, 0.05) is 12.3 Å². The fourth-order valence-corrected chi connectivity index (χ4v) is 4.76. The van der Waals surface area contributed by atoms with Gasteiger partial charge in [0.15, 0.2) is 0 Å². The van der Waals surface area contributed by atoms with Crippen LogP contribution in [0.25, 0.3) is 11.1 Å². The highest BCUT2D eigenvalue weighted by molar-refractivity contribution is 5.86. The lowest BCUT2D eigenvalue weighted by atomic mass is 9.80. The number of aliphatic hydroxyl groups excluding tert-OH is 1. The van der Waals surface area contributed by atoms with Crippen LogP contribution < -0.4 is 10.6 Å². The van der Waals surface area contributed by atoms with Gasteiger partial charge in [0.1, 0.15) is 12.6 Å². The van der Waals surface area contributed by atoms with E-state index in [2.05, 4.69) is 10.6 Å². The van der Waals surface area contributed by atoms with Crippen LogP contribution in [-0.4, -0.2) is 53.5 Å². The molecule has 0 saturated heterocycles. The smallest absolute Gasteiger partial charge is 0.407 e.